The number of rotatable bonds is 7. The second-order valence-electron chi connectivity index (χ2n) is 5.66. The maximum absolute atomic E-state index is 12.7. The van der Waals surface area contributed by atoms with Gasteiger partial charge in [0.2, 0.25) is 0 Å². The van der Waals surface area contributed by atoms with Crippen LogP contribution in [0.1, 0.15) is 18.4 Å². The first-order chi connectivity index (χ1) is 12.5. The van der Waals surface area contributed by atoms with E-state index in [0.717, 1.165) is 28.1 Å². The fourth-order valence-electron chi connectivity index (χ4n) is 2.55. The molecule has 6 nitrogen and oxygen atoms in total. The van der Waals surface area contributed by atoms with Crippen LogP contribution in [0.3, 0.4) is 0 Å². The Kier molecular flexibility index (Phi) is 5.33. The Bertz CT molecular complexity index is 1030. The van der Waals surface area contributed by atoms with Gasteiger partial charge in [-0.05, 0) is 43.2 Å². The van der Waals surface area contributed by atoms with Crippen molar-refractivity contribution in [1.29, 1.82) is 0 Å². The van der Waals surface area contributed by atoms with Gasteiger partial charge in [-0.1, -0.05) is 6.92 Å². The van der Waals surface area contributed by atoms with Gasteiger partial charge in [0.1, 0.15) is 0 Å². The highest BCUT2D eigenvalue weighted by molar-refractivity contribution is 7.92. The van der Waals surface area contributed by atoms with Crippen molar-refractivity contribution in [1.82, 2.24) is 4.98 Å². The van der Waals surface area contributed by atoms with Crippen LogP contribution in [0.25, 0.3) is 10.2 Å². The molecular weight excluding hydrogens is 372 g/mol. The van der Waals surface area contributed by atoms with Gasteiger partial charge in [0.25, 0.3) is 10.0 Å². The number of nitrogens with one attached hydrogen (secondary N) is 1. The first-order valence-electron chi connectivity index (χ1n) is 8.11. The SMILES string of the molecule is CCCc1nc2ccc(NS(=O)(=O)c3ccc(OC)c(OC)c3)cc2s1. The van der Waals surface area contributed by atoms with Crippen molar-refractivity contribution >= 4 is 37.3 Å². The van der Waals surface area contributed by atoms with Crippen molar-refractivity contribution in [3.63, 3.8) is 0 Å². The number of ether oxygens (including phenoxy) is 2. The number of nitrogens with zero attached hydrogens (tertiary/aromatic N) is 1. The number of thiazole rings is 1. The zero-order valence-electron chi connectivity index (χ0n) is 14.8. The lowest BCUT2D eigenvalue weighted by molar-refractivity contribution is 0.354. The van der Waals surface area contributed by atoms with E-state index in [1.54, 1.807) is 23.5 Å². The summed E-state index contributed by atoms with van der Waals surface area (Å²) in [6.07, 6.45) is 1.95. The van der Waals surface area contributed by atoms with Crippen LogP contribution in [-0.4, -0.2) is 27.6 Å². The van der Waals surface area contributed by atoms with E-state index in [4.69, 9.17) is 9.47 Å². The minimum Gasteiger partial charge on any atom is -0.493 e. The fourth-order valence-corrected chi connectivity index (χ4v) is 4.73. The van der Waals surface area contributed by atoms with Crippen molar-refractivity contribution in [2.75, 3.05) is 18.9 Å². The van der Waals surface area contributed by atoms with E-state index in [0.29, 0.717) is 17.2 Å². The third kappa shape index (κ3) is 3.76. The maximum Gasteiger partial charge on any atom is 0.262 e. The molecule has 0 saturated carbocycles. The van der Waals surface area contributed by atoms with E-state index >= 15 is 0 Å². The normalized spacial score (nSPS) is 11.5. The lowest BCUT2D eigenvalue weighted by Gasteiger charge is -2.11. The number of sulfonamides is 1. The molecular formula is C18H20N2O4S2. The number of hydrogen-bond acceptors (Lipinski definition) is 6. The third-order valence-corrected chi connectivity index (χ3v) is 6.27. The standard InChI is InChI=1S/C18H20N2O4S2/c1-4-5-18-19-14-8-6-12(10-17(14)25-18)20-26(21,22)13-7-9-15(23-2)16(11-13)24-3/h6-11,20H,4-5H2,1-3H3. The van der Waals surface area contributed by atoms with Crippen molar-refractivity contribution in [2.24, 2.45) is 0 Å². The Morgan fingerprint density at radius 1 is 1.08 bits per heavy atom. The highest BCUT2D eigenvalue weighted by Crippen LogP contribution is 2.31. The van der Waals surface area contributed by atoms with Crippen molar-refractivity contribution in [2.45, 2.75) is 24.7 Å². The van der Waals surface area contributed by atoms with E-state index in [9.17, 15) is 8.42 Å². The number of hydrogen-bond donors (Lipinski definition) is 1. The van der Waals surface area contributed by atoms with Gasteiger partial charge in [-0.2, -0.15) is 0 Å². The van der Waals surface area contributed by atoms with Gasteiger partial charge in [0.05, 0.1) is 40.0 Å². The minimum atomic E-state index is -3.74. The summed E-state index contributed by atoms with van der Waals surface area (Å²) in [5.41, 5.74) is 1.38. The smallest absolute Gasteiger partial charge is 0.262 e. The molecule has 0 aliphatic rings. The number of aromatic nitrogens is 1. The van der Waals surface area contributed by atoms with E-state index in [-0.39, 0.29) is 4.90 Å². The molecule has 8 heteroatoms. The topological polar surface area (TPSA) is 77.5 Å². The highest BCUT2D eigenvalue weighted by Gasteiger charge is 2.18. The van der Waals surface area contributed by atoms with Gasteiger partial charge >= 0.3 is 0 Å². The van der Waals surface area contributed by atoms with E-state index in [2.05, 4.69) is 16.6 Å². The van der Waals surface area contributed by atoms with E-state index in [1.807, 2.05) is 12.1 Å². The quantitative estimate of drug-likeness (QED) is 0.656. The Labute approximate surface area is 156 Å². The molecule has 1 aromatic heterocycles. The second-order valence-corrected chi connectivity index (χ2v) is 8.46. The van der Waals surface area contributed by atoms with Crippen LogP contribution in [0.4, 0.5) is 5.69 Å². The second kappa shape index (κ2) is 7.51. The van der Waals surface area contributed by atoms with Gasteiger partial charge in [-0.25, -0.2) is 13.4 Å². The number of methoxy groups -OCH3 is 2. The first kappa shape index (κ1) is 18.5. The Morgan fingerprint density at radius 2 is 1.85 bits per heavy atom. The molecule has 1 heterocycles. The molecule has 0 spiro atoms. The zero-order chi connectivity index (χ0) is 18.7. The maximum atomic E-state index is 12.7. The summed E-state index contributed by atoms with van der Waals surface area (Å²) in [5.74, 6) is 0.832. The van der Waals surface area contributed by atoms with E-state index in [1.165, 1.54) is 26.4 Å². The molecule has 2 aromatic carbocycles. The molecule has 0 bridgehead atoms. The molecule has 0 unspecified atom stereocenters. The summed E-state index contributed by atoms with van der Waals surface area (Å²) >= 11 is 1.59. The predicted molar refractivity (Wildman–Crippen MR) is 104 cm³/mol. The molecule has 0 amide bonds. The Morgan fingerprint density at radius 3 is 2.54 bits per heavy atom. The molecule has 3 aromatic rings. The highest BCUT2D eigenvalue weighted by atomic mass is 32.2. The molecule has 3 rings (SSSR count). The monoisotopic (exact) mass is 392 g/mol. The molecule has 1 N–H and O–H groups in total. The predicted octanol–water partition coefficient (Wildman–Crippen LogP) is 4.07. The van der Waals surface area contributed by atoms with Gasteiger partial charge in [0.15, 0.2) is 11.5 Å². The van der Waals surface area contributed by atoms with Crippen molar-refractivity contribution < 1.29 is 17.9 Å². The van der Waals surface area contributed by atoms with Crippen LogP contribution >= 0.6 is 11.3 Å². The summed E-state index contributed by atoms with van der Waals surface area (Å²) in [4.78, 5) is 4.65. The first-order valence-corrected chi connectivity index (χ1v) is 10.4. The van der Waals surface area contributed by atoms with Crippen LogP contribution in [0.2, 0.25) is 0 Å². The zero-order valence-corrected chi connectivity index (χ0v) is 16.4. The summed E-state index contributed by atoms with van der Waals surface area (Å²) in [6.45, 7) is 2.11. The molecule has 26 heavy (non-hydrogen) atoms. The largest absolute Gasteiger partial charge is 0.493 e. The third-order valence-electron chi connectivity index (χ3n) is 3.81. The van der Waals surface area contributed by atoms with Crippen molar-refractivity contribution in [3.05, 3.63) is 41.4 Å². The Balaban J connectivity index is 1.90. The number of aryl methyl sites for hydroxylation is 1. The van der Waals surface area contributed by atoms with Crippen LogP contribution < -0.4 is 14.2 Å². The van der Waals surface area contributed by atoms with Gasteiger partial charge in [0, 0.05) is 6.07 Å². The fraction of sp³-hybridized carbons (Fsp3) is 0.278. The molecule has 0 radical (unpaired) electrons. The summed E-state index contributed by atoms with van der Waals surface area (Å²) in [7, 11) is -0.777. The van der Waals surface area contributed by atoms with Crippen molar-refractivity contribution in [3.8, 4) is 11.5 Å². The average Bonchev–Trinajstić information content (AvgIpc) is 3.02. The number of anilines is 1. The van der Waals surface area contributed by atoms with Crippen LogP contribution in [0.15, 0.2) is 41.3 Å². The molecule has 0 aliphatic heterocycles. The summed E-state index contributed by atoms with van der Waals surface area (Å²) in [5, 5.41) is 1.06. The number of benzene rings is 2. The minimum absolute atomic E-state index is 0.103. The summed E-state index contributed by atoms with van der Waals surface area (Å²) < 4.78 is 39.3. The van der Waals surface area contributed by atoms with E-state index < -0.39 is 10.0 Å². The van der Waals surface area contributed by atoms with Gasteiger partial charge in [-0.3, -0.25) is 4.72 Å². The molecule has 0 saturated heterocycles. The van der Waals surface area contributed by atoms with Crippen LogP contribution in [0, 0.1) is 0 Å². The molecule has 0 fully saturated rings. The lowest BCUT2D eigenvalue weighted by atomic mass is 10.3. The number of fused-ring (bicyclic) bond motifs is 1. The van der Waals surface area contributed by atoms with Gasteiger partial charge < -0.3 is 9.47 Å². The Hall–Kier alpha value is -2.32. The van der Waals surface area contributed by atoms with Crippen LogP contribution in [-0.2, 0) is 16.4 Å². The average molecular weight is 393 g/mol. The molecule has 0 aliphatic carbocycles. The van der Waals surface area contributed by atoms with Gasteiger partial charge in [-0.15, -0.1) is 11.3 Å². The molecule has 138 valence electrons. The summed E-state index contributed by atoms with van der Waals surface area (Å²) in [6, 6.07) is 9.84. The molecule has 0 atom stereocenters. The lowest BCUT2D eigenvalue weighted by Crippen LogP contribution is -2.13. The van der Waals surface area contributed by atoms with Crippen LogP contribution in [0.5, 0.6) is 11.5 Å².